The first-order valence-electron chi connectivity index (χ1n) is 7.45. The van der Waals surface area contributed by atoms with Gasteiger partial charge in [0.2, 0.25) is 5.91 Å². The topological polar surface area (TPSA) is 63.9 Å². The molecule has 0 unspecified atom stereocenters. The number of hydrogen-bond donors (Lipinski definition) is 0. The van der Waals surface area contributed by atoms with Crippen molar-refractivity contribution in [2.24, 2.45) is 0 Å². The second-order valence-corrected chi connectivity index (χ2v) is 6.98. The van der Waals surface area contributed by atoms with E-state index >= 15 is 0 Å². The van der Waals surface area contributed by atoms with Crippen LogP contribution in [-0.4, -0.2) is 37.8 Å². The molecule has 0 spiro atoms. The quantitative estimate of drug-likeness (QED) is 0.738. The fourth-order valence-corrected chi connectivity index (χ4v) is 3.45. The third-order valence-corrected chi connectivity index (χ3v) is 4.82. The van der Waals surface area contributed by atoms with Crippen molar-refractivity contribution < 1.29 is 4.79 Å². The Labute approximate surface area is 138 Å². The van der Waals surface area contributed by atoms with Gasteiger partial charge in [-0.3, -0.25) is 4.79 Å². The lowest BCUT2D eigenvalue weighted by atomic mass is 10.2. The van der Waals surface area contributed by atoms with E-state index in [1.807, 2.05) is 45.0 Å². The molecular weight excluding hydrogens is 310 g/mol. The van der Waals surface area contributed by atoms with Crippen LogP contribution in [0.2, 0.25) is 0 Å². The maximum Gasteiger partial charge on any atom is 0.246 e. The zero-order valence-corrected chi connectivity index (χ0v) is 14.5. The zero-order valence-electron chi connectivity index (χ0n) is 13.6. The number of carbonyl (C=O) groups excluding carboxylic acids is 1. The van der Waals surface area contributed by atoms with Crippen LogP contribution < -0.4 is 0 Å². The van der Waals surface area contributed by atoms with Crippen molar-refractivity contribution in [1.82, 2.24) is 24.9 Å². The van der Waals surface area contributed by atoms with Gasteiger partial charge in [0, 0.05) is 11.9 Å². The molecule has 0 aliphatic heterocycles. The summed E-state index contributed by atoms with van der Waals surface area (Å²) < 4.78 is 0. The minimum Gasteiger partial charge on any atom is -0.336 e. The smallest absolute Gasteiger partial charge is 0.246 e. The molecule has 1 atom stereocenters. The average molecular weight is 329 g/mol. The van der Waals surface area contributed by atoms with Crippen LogP contribution in [0.25, 0.3) is 11.0 Å². The van der Waals surface area contributed by atoms with Crippen LogP contribution in [-0.2, 0) is 11.3 Å². The van der Waals surface area contributed by atoms with Crippen molar-refractivity contribution >= 4 is 28.3 Å². The number of benzene rings is 1. The van der Waals surface area contributed by atoms with Crippen LogP contribution in [0.5, 0.6) is 0 Å². The number of hydrogen-bond acceptors (Lipinski definition) is 5. The lowest BCUT2D eigenvalue weighted by Gasteiger charge is -2.24. The average Bonchev–Trinajstić information content (AvgIpc) is 3.07. The molecule has 2 heterocycles. The van der Waals surface area contributed by atoms with Gasteiger partial charge in [0.15, 0.2) is 0 Å². The number of amides is 1. The molecule has 0 N–H and O–H groups in total. The molecule has 6 nitrogen and oxygen atoms in total. The Morgan fingerprint density at radius 3 is 2.39 bits per heavy atom. The molecule has 0 fully saturated rings. The maximum atomic E-state index is 12.5. The maximum absolute atomic E-state index is 12.5. The van der Waals surface area contributed by atoms with Crippen molar-refractivity contribution in [3.63, 3.8) is 0 Å². The van der Waals surface area contributed by atoms with Gasteiger partial charge in [-0.1, -0.05) is 12.1 Å². The number of rotatable bonds is 4. The molecular formula is C16H19N5OS. The first-order valence-corrected chi connectivity index (χ1v) is 8.27. The van der Waals surface area contributed by atoms with Crippen LogP contribution in [0.3, 0.4) is 0 Å². The fourth-order valence-electron chi connectivity index (χ4n) is 2.54. The highest BCUT2D eigenvalue weighted by Crippen LogP contribution is 2.26. The monoisotopic (exact) mass is 329 g/mol. The van der Waals surface area contributed by atoms with Crippen LogP contribution in [0.1, 0.15) is 28.5 Å². The summed E-state index contributed by atoms with van der Waals surface area (Å²) in [6, 6.07) is 7.52. The van der Waals surface area contributed by atoms with Gasteiger partial charge in [-0.15, -0.1) is 11.3 Å². The number of carbonyl (C=O) groups is 1. The summed E-state index contributed by atoms with van der Waals surface area (Å²) in [5.74, 6) is -0.0390. The van der Waals surface area contributed by atoms with Crippen LogP contribution in [0.15, 0.2) is 24.3 Å². The minimum atomic E-state index is -0.0718. The Kier molecular flexibility index (Phi) is 4.12. The summed E-state index contributed by atoms with van der Waals surface area (Å²) in [5, 5.41) is 9.69. The van der Waals surface area contributed by atoms with Crippen molar-refractivity contribution in [3.05, 3.63) is 39.8 Å². The molecule has 1 amide bonds. The lowest BCUT2D eigenvalue weighted by Crippen LogP contribution is -2.33. The van der Waals surface area contributed by atoms with E-state index in [0.29, 0.717) is 0 Å². The molecule has 3 aromatic rings. The van der Waals surface area contributed by atoms with Crippen LogP contribution in [0, 0.1) is 13.8 Å². The van der Waals surface area contributed by atoms with Gasteiger partial charge in [-0.25, -0.2) is 4.98 Å². The summed E-state index contributed by atoms with van der Waals surface area (Å²) in [6.07, 6.45) is 0. The van der Waals surface area contributed by atoms with E-state index in [1.54, 1.807) is 23.3 Å². The molecule has 23 heavy (non-hydrogen) atoms. The molecule has 0 bridgehead atoms. The van der Waals surface area contributed by atoms with Crippen LogP contribution >= 0.6 is 11.3 Å². The molecule has 0 aliphatic rings. The molecule has 120 valence electrons. The lowest BCUT2D eigenvalue weighted by molar-refractivity contribution is -0.132. The number of aromatic nitrogens is 4. The molecule has 2 aromatic heterocycles. The van der Waals surface area contributed by atoms with Gasteiger partial charge in [0.25, 0.3) is 0 Å². The molecule has 0 radical (unpaired) electrons. The van der Waals surface area contributed by atoms with E-state index in [0.717, 1.165) is 26.6 Å². The third-order valence-electron chi connectivity index (χ3n) is 3.91. The van der Waals surface area contributed by atoms with E-state index in [-0.39, 0.29) is 18.5 Å². The molecule has 0 saturated heterocycles. The molecule has 0 saturated carbocycles. The predicted molar refractivity (Wildman–Crippen MR) is 90.3 cm³/mol. The second-order valence-electron chi connectivity index (χ2n) is 5.57. The van der Waals surface area contributed by atoms with Crippen LogP contribution in [0.4, 0.5) is 0 Å². The SMILES string of the molecule is Cc1nc([C@H](C)N(C)C(=O)Cn2nc3ccccc3n2)c(C)s1. The Morgan fingerprint density at radius 2 is 1.87 bits per heavy atom. The number of fused-ring (bicyclic) bond motifs is 1. The van der Waals surface area contributed by atoms with E-state index < -0.39 is 0 Å². The van der Waals surface area contributed by atoms with E-state index in [4.69, 9.17) is 0 Å². The highest BCUT2D eigenvalue weighted by Gasteiger charge is 2.22. The number of nitrogens with zero attached hydrogens (tertiary/aromatic N) is 5. The highest BCUT2D eigenvalue weighted by atomic mass is 32.1. The first-order chi connectivity index (χ1) is 11.0. The summed E-state index contributed by atoms with van der Waals surface area (Å²) in [4.78, 5) is 21.4. The third kappa shape index (κ3) is 3.10. The van der Waals surface area contributed by atoms with Crippen molar-refractivity contribution in [2.75, 3.05) is 7.05 Å². The number of aryl methyl sites for hydroxylation is 2. The normalized spacial score (nSPS) is 12.5. The highest BCUT2D eigenvalue weighted by molar-refractivity contribution is 7.11. The molecule has 7 heteroatoms. The molecule has 3 rings (SSSR count). The fraction of sp³-hybridized carbons (Fsp3) is 0.375. The van der Waals surface area contributed by atoms with Crippen molar-refractivity contribution in [3.8, 4) is 0 Å². The Morgan fingerprint density at radius 1 is 1.26 bits per heavy atom. The van der Waals surface area contributed by atoms with E-state index in [2.05, 4.69) is 15.2 Å². The van der Waals surface area contributed by atoms with Crippen molar-refractivity contribution in [1.29, 1.82) is 0 Å². The summed E-state index contributed by atoms with van der Waals surface area (Å²) in [5.41, 5.74) is 2.55. The zero-order chi connectivity index (χ0) is 16.6. The summed E-state index contributed by atoms with van der Waals surface area (Å²) in [7, 11) is 1.80. The van der Waals surface area contributed by atoms with Gasteiger partial charge in [-0.05, 0) is 32.9 Å². The number of likely N-dealkylation sites (N-methyl/N-ethyl adjacent to an activating group) is 1. The van der Waals surface area contributed by atoms with Gasteiger partial charge >= 0.3 is 0 Å². The largest absolute Gasteiger partial charge is 0.336 e. The molecule has 1 aromatic carbocycles. The summed E-state index contributed by atoms with van der Waals surface area (Å²) in [6.45, 7) is 6.13. The van der Waals surface area contributed by atoms with Gasteiger partial charge in [0.1, 0.15) is 17.6 Å². The summed E-state index contributed by atoms with van der Waals surface area (Å²) >= 11 is 1.65. The Hall–Kier alpha value is -2.28. The number of thiazole rings is 1. The first kappa shape index (κ1) is 15.6. The van der Waals surface area contributed by atoms with Gasteiger partial charge in [-0.2, -0.15) is 15.0 Å². The Balaban J connectivity index is 1.75. The predicted octanol–water partition coefficient (Wildman–Crippen LogP) is 2.72. The van der Waals surface area contributed by atoms with Gasteiger partial charge in [0.05, 0.1) is 16.7 Å². The Bertz CT molecular complexity index is 820. The standard InChI is InChI=1S/C16H19N5OS/c1-10(16-11(2)23-12(3)17-16)20(4)15(22)9-21-18-13-7-5-6-8-14(13)19-21/h5-8,10H,9H2,1-4H3/t10-/m0/s1. The molecule has 0 aliphatic carbocycles. The van der Waals surface area contributed by atoms with E-state index in [1.165, 1.54) is 4.80 Å². The van der Waals surface area contributed by atoms with Crippen molar-refractivity contribution in [2.45, 2.75) is 33.4 Å². The van der Waals surface area contributed by atoms with E-state index in [9.17, 15) is 4.79 Å². The van der Waals surface area contributed by atoms with Gasteiger partial charge < -0.3 is 4.90 Å². The minimum absolute atomic E-state index is 0.0390. The second kappa shape index (κ2) is 6.08.